The van der Waals surface area contributed by atoms with Crippen molar-refractivity contribution in [3.63, 3.8) is 0 Å². The van der Waals surface area contributed by atoms with Gasteiger partial charge in [-0.25, -0.2) is 0 Å². The van der Waals surface area contributed by atoms with Gasteiger partial charge in [0.2, 0.25) is 0 Å². The third kappa shape index (κ3) is 2.78. The summed E-state index contributed by atoms with van der Waals surface area (Å²) >= 11 is 0. The lowest BCUT2D eigenvalue weighted by Crippen LogP contribution is -2.29. The minimum atomic E-state index is 0.489. The van der Waals surface area contributed by atoms with Crippen molar-refractivity contribution in [3.05, 3.63) is 0 Å². The summed E-state index contributed by atoms with van der Waals surface area (Å²) in [4.78, 5) is 2.52. The first-order valence-corrected chi connectivity index (χ1v) is 5.09. The van der Waals surface area contributed by atoms with Crippen LogP contribution in [-0.2, 0) is 0 Å². The number of nitrogens with zero attached hydrogens (tertiary/aromatic N) is 1. The Morgan fingerprint density at radius 3 is 2.25 bits per heavy atom. The molecule has 12 heavy (non-hydrogen) atoms. The molecular formula is C11H23N. The Kier molecular flexibility index (Phi) is 2.82. The normalized spacial score (nSPS) is 32.8. The molecule has 72 valence electrons. The smallest absolute Gasteiger partial charge is 0.0100 e. The number of hydrogen-bond acceptors (Lipinski definition) is 1. The summed E-state index contributed by atoms with van der Waals surface area (Å²) in [5, 5.41) is 0. The molecule has 1 nitrogen and oxygen atoms in total. The van der Waals surface area contributed by atoms with E-state index in [2.05, 4.69) is 39.6 Å². The average Bonchev–Trinajstić information content (AvgIpc) is 2.06. The Hall–Kier alpha value is -0.0400. The van der Waals surface area contributed by atoms with Gasteiger partial charge in [-0.05, 0) is 31.2 Å². The Morgan fingerprint density at radius 1 is 1.33 bits per heavy atom. The molecule has 0 aliphatic carbocycles. The standard InChI is InChI=1S/C11H23N/c1-9-6-10(12(5)8-9)7-11(2,3)4/h9-10H,6-8H2,1-5H3/t9-,10-/m0/s1. The number of rotatable bonds is 1. The monoisotopic (exact) mass is 169 g/mol. The van der Waals surface area contributed by atoms with Crippen LogP contribution in [0.2, 0.25) is 0 Å². The molecule has 1 fully saturated rings. The molecular weight excluding hydrogens is 146 g/mol. The van der Waals surface area contributed by atoms with Gasteiger partial charge in [0.05, 0.1) is 0 Å². The SMILES string of the molecule is C[C@H]1C[C@@H](CC(C)(C)C)N(C)C1. The van der Waals surface area contributed by atoms with E-state index in [1.807, 2.05) is 0 Å². The van der Waals surface area contributed by atoms with E-state index in [1.165, 1.54) is 19.4 Å². The van der Waals surface area contributed by atoms with Crippen LogP contribution in [0.4, 0.5) is 0 Å². The number of hydrogen-bond donors (Lipinski definition) is 0. The molecule has 0 unspecified atom stereocenters. The highest BCUT2D eigenvalue weighted by atomic mass is 15.2. The van der Waals surface area contributed by atoms with Crippen molar-refractivity contribution >= 4 is 0 Å². The molecule has 0 aromatic rings. The maximum Gasteiger partial charge on any atom is 0.0100 e. The molecule has 1 saturated heterocycles. The predicted octanol–water partition coefficient (Wildman–Crippen LogP) is 2.76. The minimum Gasteiger partial charge on any atom is -0.303 e. The lowest BCUT2D eigenvalue weighted by molar-refractivity contribution is 0.223. The summed E-state index contributed by atoms with van der Waals surface area (Å²) < 4.78 is 0. The molecule has 0 N–H and O–H groups in total. The van der Waals surface area contributed by atoms with Crippen molar-refractivity contribution in [3.8, 4) is 0 Å². The summed E-state index contributed by atoms with van der Waals surface area (Å²) in [6.45, 7) is 10.7. The van der Waals surface area contributed by atoms with Crippen molar-refractivity contribution in [2.75, 3.05) is 13.6 Å². The van der Waals surface area contributed by atoms with Gasteiger partial charge < -0.3 is 4.90 Å². The van der Waals surface area contributed by atoms with E-state index in [0.717, 1.165) is 12.0 Å². The Labute approximate surface area is 77.1 Å². The third-order valence-electron chi connectivity index (χ3n) is 2.75. The van der Waals surface area contributed by atoms with Crippen LogP contribution < -0.4 is 0 Å². The molecule has 1 aliphatic rings. The molecule has 0 aromatic heterocycles. The first-order chi connectivity index (χ1) is 5.38. The Balaban J connectivity index is 2.43. The maximum atomic E-state index is 2.52. The van der Waals surface area contributed by atoms with Gasteiger partial charge in [0.25, 0.3) is 0 Å². The lowest BCUT2D eigenvalue weighted by atomic mass is 9.86. The van der Waals surface area contributed by atoms with Crippen LogP contribution in [0, 0.1) is 11.3 Å². The zero-order chi connectivity index (χ0) is 9.35. The van der Waals surface area contributed by atoms with E-state index >= 15 is 0 Å². The Morgan fingerprint density at radius 2 is 1.92 bits per heavy atom. The Bertz CT molecular complexity index is 146. The predicted molar refractivity (Wildman–Crippen MR) is 54.3 cm³/mol. The molecule has 1 aliphatic heterocycles. The molecule has 0 spiro atoms. The fraction of sp³-hybridized carbons (Fsp3) is 1.00. The van der Waals surface area contributed by atoms with Gasteiger partial charge in [0, 0.05) is 12.6 Å². The summed E-state index contributed by atoms with van der Waals surface area (Å²) in [5.41, 5.74) is 0.489. The lowest BCUT2D eigenvalue weighted by Gasteiger charge is -2.27. The molecule has 0 radical (unpaired) electrons. The van der Waals surface area contributed by atoms with E-state index in [9.17, 15) is 0 Å². The van der Waals surface area contributed by atoms with E-state index in [0.29, 0.717) is 5.41 Å². The highest BCUT2D eigenvalue weighted by Gasteiger charge is 2.29. The molecule has 0 bridgehead atoms. The van der Waals surface area contributed by atoms with Crippen LogP contribution in [0.15, 0.2) is 0 Å². The largest absolute Gasteiger partial charge is 0.303 e. The molecule has 0 saturated carbocycles. The molecule has 1 rings (SSSR count). The van der Waals surface area contributed by atoms with Crippen molar-refractivity contribution < 1.29 is 0 Å². The fourth-order valence-corrected chi connectivity index (χ4v) is 2.31. The first kappa shape index (κ1) is 10.0. The summed E-state index contributed by atoms with van der Waals surface area (Å²) in [7, 11) is 2.26. The van der Waals surface area contributed by atoms with E-state index < -0.39 is 0 Å². The van der Waals surface area contributed by atoms with E-state index in [1.54, 1.807) is 0 Å². The molecule has 0 amide bonds. The summed E-state index contributed by atoms with van der Waals surface area (Å²) in [6.07, 6.45) is 2.74. The van der Waals surface area contributed by atoms with Gasteiger partial charge in [-0.1, -0.05) is 27.7 Å². The molecule has 2 atom stereocenters. The van der Waals surface area contributed by atoms with Crippen LogP contribution in [0.25, 0.3) is 0 Å². The van der Waals surface area contributed by atoms with Crippen molar-refractivity contribution in [2.24, 2.45) is 11.3 Å². The average molecular weight is 169 g/mol. The van der Waals surface area contributed by atoms with Crippen molar-refractivity contribution in [1.29, 1.82) is 0 Å². The highest BCUT2D eigenvalue weighted by Crippen LogP contribution is 2.30. The fourth-order valence-electron chi connectivity index (χ4n) is 2.31. The highest BCUT2D eigenvalue weighted by molar-refractivity contribution is 4.84. The molecule has 0 aromatic carbocycles. The van der Waals surface area contributed by atoms with Crippen molar-refractivity contribution in [1.82, 2.24) is 4.90 Å². The second-order valence-corrected chi connectivity index (χ2v) is 5.70. The minimum absolute atomic E-state index is 0.489. The zero-order valence-electron chi connectivity index (χ0n) is 9.22. The van der Waals surface area contributed by atoms with Crippen LogP contribution in [0.3, 0.4) is 0 Å². The third-order valence-corrected chi connectivity index (χ3v) is 2.75. The summed E-state index contributed by atoms with van der Waals surface area (Å²) in [5.74, 6) is 0.905. The summed E-state index contributed by atoms with van der Waals surface area (Å²) in [6, 6.07) is 0.833. The van der Waals surface area contributed by atoms with E-state index in [-0.39, 0.29) is 0 Å². The van der Waals surface area contributed by atoms with Gasteiger partial charge in [0.15, 0.2) is 0 Å². The van der Waals surface area contributed by atoms with Crippen LogP contribution >= 0.6 is 0 Å². The van der Waals surface area contributed by atoms with Gasteiger partial charge in [0.1, 0.15) is 0 Å². The molecule has 1 heteroatoms. The second-order valence-electron chi connectivity index (χ2n) is 5.70. The molecule has 1 heterocycles. The topological polar surface area (TPSA) is 3.24 Å². The van der Waals surface area contributed by atoms with Crippen LogP contribution in [0.5, 0.6) is 0 Å². The number of likely N-dealkylation sites (tertiary alicyclic amines) is 1. The van der Waals surface area contributed by atoms with Gasteiger partial charge in [-0.3, -0.25) is 0 Å². The van der Waals surface area contributed by atoms with E-state index in [4.69, 9.17) is 0 Å². The first-order valence-electron chi connectivity index (χ1n) is 5.09. The quantitative estimate of drug-likeness (QED) is 0.583. The van der Waals surface area contributed by atoms with Crippen LogP contribution in [-0.4, -0.2) is 24.5 Å². The zero-order valence-corrected chi connectivity index (χ0v) is 9.22. The second kappa shape index (κ2) is 3.37. The van der Waals surface area contributed by atoms with Crippen molar-refractivity contribution in [2.45, 2.75) is 46.6 Å². The maximum absolute atomic E-state index is 2.52. The van der Waals surface area contributed by atoms with Crippen LogP contribution in [0.1, 0.15) is 40.5 Å². The van der Waals surface area contributed by atoms with Gasteiger partial charge in [-0.2, -0.15) is 0 Å². The van der Waals surface area contributed by atoms with Gasteiger partial charge >= 0.3 is 0 Å². The van der Waals surface area contributed by atoms with Gasteiger partial charge in [-0.15, -0.1) is 0 Å².